The van der Waals surface area contributed by atoms with Crippen molar-refractivity contribution in [2.75, 3.05) is 11.6 Å². The Balaban J connectivity index is 2.09. The minimum atomic E-state index is 0.146. The topological polar surface area (TPSA) is 32.3 Å². The molecule has 4 heteroatoms. The molecule has 2 N–H and O–H groups in total. The number of thioether (sulfide) groups is 1. The van der Waals surface area contributed by atoms with E-state index in [1.165, 1.54) is 4.90 Å². The molecular formula is C14H14ClNOS. The normalized spacial score (nSPS) is 10.3. The minimum Gasteiger partial charge on any atom is -0.506 e. The van der Waals surface area contributed by atoms with E-state index in [1.807, 2.05) is 30.5 Å². The molecule has 0 heterocycles. The maximum absolute atomic E-state index is 9.80. The lowest BCUT2D eigenvalue weighted by atomic mass is 10.2. The Hall–Kier alpha value is -1.32. The summed E-state index contributed by atoms with van der Waals surface area (Å²) < 4.78 is 0. The number of para-hydroxylation sites is 1. The monoisotopic (exact) mass is 279 g/mol. The van der Waals surface area contributed by atoms with E-state index in [2.05, 4.69) is 17.4 Å². The largest absolute Gasteiger partial charge is 0.506 e. The van der Waals surface area contributed by atoms with Crippen LogP contribution >= 0.6 is 23.4 Å². The van der Waals surface area contributed by atoms with Crippen molar-refractivity contribution in [1.29, 1.82) is 0 Å². The van der Waals surface area contributed by atoms with Crippen LogP contribution in [0.2, 0.25) is 5.02 Å². The number of halogens is 1. The number of aromatic hydroxyl groups is 1. The molecule has 0 aliphatic carbocycles. The number of hydrogen-bond donors (Lipinski definition) is 2. The maximum atomic E-state index is 9.80. The van der Waals surface area contributed by atoms with Gasteiger partial charge >= 0.3 is 0 Å². The smallest absolute Gasteiger partial charge is 0.139 e. The molecule has 0 radical (unpaired) electrons. The van der Waals surface area contributed by atoms with Crippen molar-refractivity contribution in [3.63, 3.8) is 0 Å². The van der Waals surface area contributed by atoms with Gasteiger partial charge in [-0.2, -0.15) is 0 Å². The highest BCUT2D eigenvalue weighted by atomic mass is 35.5. The predicted octanol–water partition coefficient (Wildman–Crippen LogP) is 4.38. The summed E-state index contributed by atoms with van der Waals surface area (Å²) in [7, 11) is 0. The van der Waals surface area contributed by atoms with E-state index in [1.54, 1.807) is 17.8 Å². The number of phenolic OH excluding ortho intramolecular Hbond substituents is 1. The van der Waals surface area contributed by atoms with Gasteiger partial charge in [0.1, 0.15) is 5.75 Å². The van der Waals surface area contributed by atoms with Gasteiger partial charge in [0.15, 0.2) is 0 Å². The molecule has 0 saturated heterocycles. The number of rotatable bonds is 4. The molecule has 0 unspecified atom stereocenters. The van der Waals surface area contributed by atoms with Gasteiger partial charge in [-0.3, -0.25) is 0 Å². The molecular weight excluding hydrogens is 266 g/mol. The van der Waals surface area contributed by atoms with Gasteiger partial charge in [-0.15, -0.1) is 11.8 Å². The minimum absolute atomic E-state index is 0.146. The molecule has 2 rings (SSSR count). The molecule has 0 aromatic heterocycles. The highest BCUT2D eigenvalue weighted by Crippen LogP contribution is 2.27. The van der Waals surface area contributed by atoms with Crippen LogP contribution in [-0.4, -0.2) is 11.4 Å². The first-order valence-corrected chi connectivity index (χ1v) is 7.15. The summed E-state index contributed by atoms with van der Waals surface area (Å²) in [6, 6.07) is 13.5. The van der Waals surface area contributed by atoms with Crippen LogP contribution in [0.5, 0.6) is 5.75 Å². The molecule has 0 bridgehead atoms. The first kappa shape index (κ1) is 13.1. The first-order chi connectivity index (χ1) is 8.70. The molecule has 0 saturated carbocycles. The average molecular weight is 280 g/mol. The number of hydrogen-bond acceptors (Lipinski definition) is 3. The van der Waals surface area contributed by atoms with Gasteiger partial charge in [-0.25, -0.2) is 0 Å². The van der Waals surface area contributed by atoms with E-state index >= 15 is 0 Å². The Bertz CT molecular complexity index is 545. The molecule has 0 atom stereocenters. The second-order valence-corrected chi connectivity index (χ2v) is 5.12. The van der Waals surface area contributed by atoms with Gasteiger partial charge in [0.2, 0.25) is 0 Å². The zero-order chi connectivity index (χ0) is 13.0. The summed E-state index contributed by atoms with van der Waals surface area (Å²) in [4.78, 5) is 1.20. The van der Waals surface area contributed by atoms with Crippen molar-refractivity contribution >= 4 is 29.1 Å². The summed E-state index contributed by atoms with van der Waals surface area (Å²) in [6.07, 6.45) is 2.04. The third kappa shape index (κ3) is 3.12. The maximum Gasteiger partial charge on any atom is 0.139 e. The van der Waals surface area contributed by atoms with Crippen LogP contribution in [0, 0.1) is 0 Å². The fourth-order valence-electron chi connectivity index (χ4n) is 1.63. The summed E-state index contributed by atoms with van der Waals surface area (Å²) in [5.41, 5.74) is 1.82. The van der Waals surface area contributed by atoms with Crippen LogP contribution in [0.4, 0.5) is 5.69 Å². The van der Waals surface area contributed by atoms with Gasteiger partial charge in [-0.05, 0) is 30.5 Å². The lowest BCUT2D eigenvalue weighted by Gasteiger charge is -2.09. The molecule has 94 valence electrons. The van der Waals surface area contributed by atoms with Gasteiger partial charge in [0, 0.05) is 22.7 Å². The molecule has 0 amide bonds. The number of benzene rings is 2. The standard InChI is InChI=1S/C14H14ClNOS/c1-18-12-6-3-5-11(8-12)16-9-10-4-2-7-13(15)14(10)17/h2-8,16-17H,9H2,1H3. The Labute approximate surface area is 116 Å². The van der Waals surface area contributed by atoms with Gasteiger partial charge in [-0.1, -0.05) is 29.8 Å². The third-order valence-electron chi connectivity index (χ3n) is 2.62. The number of nitrogens with one attached hydrogen (secondary N) is 1. The number of phenols is 1. The Kier molecular flexibility index (Phi) is 4.39. The van der Waals surface area contributed by atoms with E-state index in [0.29, 0.717) is 11.6 Å². The molecule has 0 fully saturated rings. The fraction of sp³-hybridized carbons (Fsp3) is 0.143. The van der Waals surface area contributed by atoms with E-state index in [9.17, 15) is 5.11 Å². The van der Waals surface area contributed by atoms with Gasteiger partial charge in [0.05, 0.1) is 5.02 Å². The first-order valence-electron chi connectivity index (χ1n) is 5.55. The predicted molar refractivity (Wildman–Crippen MR) is 78.7 cm³/mol. The van der Waals surface area contributed by atoms with Crippen molar-refractivity contribution in [2.24, 2.45) is 0 Å². The molecule has 2 aromatic rings. The summed E-state index contributed by atoms with van der Waals surface area (Å²) in [5, 5.41) is 13.5. The van der Waals surface area contributed by atoms with E-state index in [-0.39, 0.29) is 5.75 Å². The van der Waals surface area contributed by atoms with Crippen LogP contribution in [-0.2, 0) is 6.54 Å². The quantitative estimate of drug-likeness (QED) is 0.815. The highest BCUT2D eigenvalue weighted by Gasteiger charge is 2.04. The van der Waals surface area contributed by atoms with E-state index in [0.717, 1.165) is 11.3 Å². The third-order valence-corrected chi connectivity index (χ3v) is 3.65. The molecule has 2 nitrogen and oxygen atoms in total. The molecule has 18 heavy (non-hydrogen) atoms. The van der Waals surface area contributed by atoms with Crippen LogP contribution in [0.1, 0.15) is 5.56 Å². The number of anilines is 1. The van der Waals surface area contributed by atoms with Crippen molar-refractivity contribution < 1.29 is 5.11 Å². The lowest BCUT2D eigenvalue weighted by Crippen LogP contribution is -1.99. The van der Waals surface area contributed by atoms with Crippen molar-refractivity contribution in [2.45, 2.75) is 11.4 Å². The van der Waals surface area contributed by atoms with Crippen LogP contribution in [0.15, 0.2) is 47.4 Å². The van der Waals surface area contributed by atoms with Crippen LogP contribution < -0.4 is 5.32 Å². The molecule has 2 aromatic carbocycles. The van der Waals surface area contributed by atoms with Crippen molar-refractivity contribution in [1.82, 2.24) is 0 Å². The Morgan fingerprint density at radius 3 is 2.78 bits per heavy atom. The zero-order valence-electron chi connectivity index (χ0n) is 9.98. The molecule has 0 spiro atoms. The van der Waals surface area contributed by atoms with E-state index in [4.69, 9.17) is 11.6 Å². The van der Waals surface area contributed by atoms with Gasteiger partial charge in [0.25, 0.3) is 0 Å². The van der Waals surface area contributed by atoms with Crippen molar-refractivity contribution in [3.8, 4) is 5.75 Å². The summed E-state index contributed by atoms with van der Waals surface area (Å²) in [5.74, 6) is 0.146. The van der Waals surface area contributed by atoms with Crippen LogP contribution in [0.25, 0.3) is 0 Å². The van der Waals surface area contributed by atoms with Crippen LogP contribution in [0.3, 0.4) is 0 Å². The summed E-state index contributed by atoms with van der Waals surface area (Å²) in [6.45, 7) is 0.546. The molecule has 0 aliphatic rings. The highest BCUT2D eigenvalue weighted by molar-refractivity contribution is 7.98. The van der Waals surface area contributed by atoms with Gasteiger partial charge < -0.3 is 10.4 Å². The lowest BCUT2D eigenvalue weighted by molar-refractivity contribution is 0.469. The Morgan fingerprint density at radius 1 is 1.22 bits per heavy atom. The van der Waals surface area contributed by atoms with Crippen molar-refractivity contribution in [3.05, 3.63) is 53.1 Å². The Morgan fingerprint density at radius 2 is 2.00 bits per heavy atom. The molecule has 0 aliphatic heterocycles. The second-order valence-electron chi connectivity index (χ2n) is 3.83. The zero-order valence-corrected chi connectivity index (χ0v) is 11.6. The van der Waals surface area contributed by atoms with E-state index < -0.39 is 0 Å². The summed E-state index contributed by atoms with van der Waals surface area (Å²) >= 11 is 7.56. The second kappa shape index (κ2) is 6.03. The fourth-order valence-corrected chi connectivity index (χ4v) is 2.29. The average Bonchev–Trinajstić information content (AvgIpc) is 2.41. The SMILES string of the molecule is CSc1cccc(NCc2cccc(Cl)c2O)c1.